The van der Waals surface area contributed by atoms with Crippen LogP contribution >= 0.6 is 0 Å². The van der Waals surface area contributed by atoms with Crippen molar-refractivity contribution in [3.63, 3.8) is 0 Å². The Kier molecular flexibility index (Phi) is 6.49. The van der Waals surface area contributed by atoms with Crippen LogP contribution in [0.15, 0.2) is 23.1 Å². The molecule has 28 heavy (non-hydrogen) atoms. The number of carbonyl (C=O) groups is 3. The lowest BCUT2D eigenvalue weighted by Crippen LogP contribution is -2.43. The molecule has 1 aliphatic heterocycles. The highest BCUT2D eigenvalue weighted by molar-refractivity contribution is 5.94. The van der Waals surface area contributed by atoms with Crippen LogP contribution in [0.25, 0.3) is 0 Å². The van der Waals surface area contributed by atoms with Gasteiger partial charge in [0.25, 0.3) is 11.5 Å². The van der Waals surface area contributed by atoms with Crippen molar-refractivity contribution in [1.29, 1.82) is 0 Å². The summed E-state index contributed by atoms with van der Waals surface area (Å²) in [6.45, 7) is 3.99. The van der Waals surface area contributed by atoms with Crippen LogP contribution in [-0.2, 0) is 16.1 Å². The maximum absolute atomic E-state index is 12.7. The summed E-state index contributed by atoms with van der Waals surface area (Å²) in [5.74, 6) is -0.181. The molecule has 0 radical (unpaired) electrons. The Morgan fingerprint density at radius 3 is 2.61 bits per heavy atom. The van der Waals surface area contributed by atoms with Gasteiger partial charge in [0.05, 0.1) is 0 Å². The SMILES string of the molecule is CCn1ccc(C(=O)NC2CCC(C(=O)N3CCNC(=O)CC3)CC2)cc1=O. The van der Waals surface area contributed by atoms with Crippen LogP contribution in [0.2, 0.25) is 0 Å². The predicted molar refractivity (Wildman–Crippen MR) is 104 cm³/mol. The minimum Gasteiger partial charge on any atom is -0.354 e. The van der Waals surface area contributed by atoms with E-state index in [2.05, 4.69) is 10.6 Å². The summed E-state index contributed by atoms with van der Waals surface area (Å²) < 4.78 is 1.54. The van der Waals surface area contributed by atoms with Gasteiger partial charge < -0.3 is 20.1 Å². The Balaban J connectivity index is 1.50. The van der Waals surface area contributed by atoms with E-state index in [1.807, 2.05) is 6.92 Å². The minimum absolute atomic E-state index is 0.00618. The van der Waals surface area contributed by atoms with Crippen molar-refractivity contribution in [1.82, 2.24) is 20.1 Å². The molecule has 0 aromatic carbocycles. The van der Waals surface area contributed by atoms with E-state index in [-0.39, 0.29) is 35.2 Å². The fourth-order valence-electron chi connectivity index (χ4n) is 3.91. The molecule has 2 aliphatic rings. The molecule has 8 nitrogen and oxygen atoms in total. The first kappa shape index (κ1) is 20.1. The zero-order chi connectivity index (χ0) is 20.1. The van der Waals surface area contributed by atoms with E-state index in [4.69, 9.17) is 0 Å². The van der Waals surface area contributed by atoms with E-state index in [0.29, 0.717) is 38.2 Å². The van der Waals surface area contributed by atoms with E-state index in [9.17, 15) is 19.2 Å². The summed E-state index contributed by atoms with van der Waals surface area (Å²) >= 11 is 0. The number of hydrogen-bond donors (Lipinski definition) is 2. The summed E-state index contributed by atoms with van der Waals surface area (Å²) in [6.07, 6.45) is 4.90. The van der Waals surface area contributed by atoms with E-state index in [1.165, 1.54) is 6.07 Å². The molecule has 1 aliphatic carbocycles. The Bertz CT molecular complexity index is 796. The Morgan fingerprint density at radius 2 is 1.93 bits per heavy atom. The number of hydrogen-bond acceptors (Lipinski definition) is 4. The molecule has 152 valence electrons. The van der Waals surface area contributed by atoms with Crippen molar-refractivity contribution in [2.75, 3.05) is 19.6 Å². The number of aromatic nitrogens is 1. The maximum atomic E-state index is 12.7. The van der Waals surface area contributed by atoms with Gasteiger partial charge in [-0.15, -0.1) is 0 Å². The van der Waals surface area contributed by atoms with Crippen LogP contribution in [0.1, 0.15) is 49.4 Å². The molecule has 1 saturated heterocycles. The van der Waals surface area contributed by atoms with Crippen LogP contribution < -0.4 is 16.2 Å². The van der Waals surface area contributed by atoms with E-state index >= 15 is 0 Å². The van der Waals surface area contributed by atoms with Crippen LogP contribution in [-0.4, -0.2) is 52.9 Å². The summed E-state index contributed by atoms with van der Waals surface area (Å²) in [5.41, 5.74) is 0.185. The second-order valence-corrected chi connectivity index (χ2v) is 7.49. The molecular formula is C20H28N4O4. The molecule has 3 rings (SSSR count). The largest absolute Gasteiger partial charge is 0.354 e. The lowest BCUT2D eigenvalue weighted by Gasteiger charge is -2.31. The third-order valence-corrected chi connectivity index (χ3v) is 5.63. The van der Waals surface area contributed by atoms with Gasteiger partial charge in [-0.25, -0.2) is 0 Å². The van der Waals surface area contributed by atoms with Crippen molar-refractivity contribution in [3.8, 4) is 0 Å². The first-order valence-corrected chi connectivity index (χ1v) is 10.0. The second kappa shape index (κ2) is 9.03. The lowest BCUT2D eigenvalue weighted by molar-refractivity contribution is -0.136. The summed E-state index contributed by atoms with van der Waals surface area (Å²) in [7, 11) is 0. The molecule has 0 bridgehead atoms. The summed E-state index contributed by atoms with van der Waals surface area (Å²) in [6, 6.07) is 3.03. The molecular weight excluding hydrogens is 360 g/mol. The number of nitrogens with one attached hydrogen (secondary N) is 2. The smallest absolute Gasteiger partial charge is 0.251 e. The fraction of sp³-hybridized carbons (Fsp3) is 0.600. The molecule has 3 amide bonds. The van der Waals surface area contributed by atoms with Crippen LogP contribution in [0, 0.1) is 5.92 Å². The number of amides is 3. The Morgan fingerprint density at radius 1 is 1.18 bits per heavy atom. The molecule has 1 aromatic heterocycles. The molecule has 0 unspecified atom stereocenters. The van der Waals surface area contributed by atoms with E-state index < -0.39 is 0 Å². The second-order valence-electron chi connectivity index (χ2n) is 7.49. The van der Waals surface area contributed by atoms with E-state index in [1.54, 1.807) is 21.7 Å². The first-order chi connectivity index (χ1) is 13.5. The number of rotatable bonds is 4. The number of carbonyl (C=O) groups excluding carboxylic acids is 3. The molecule has 1 saturated carbocycles. The summed E-state index contributed by atoms with van der Waals surface area (Å²) in [5, 5.41) is 5.77. The average Bonchev–Trinajstić information content (AvgIpc) is 2.92. The third-order valence-electron chi connectivity index (χ3n) is 5.63. The standard InChI is InChI=1S/C20H28N4O4/c1-2-23-10-7-15(13-18(23)26)19(27)22-16-5-3-14(4-6-16)20(28)24-11-8-17(25)21-9-12-24/h7,10,13-14,16H,2-6,8-9,11-12H2,1H3,(H,21,25)(H,22,27). The molecule has 2 N–H and O–H groups in total. The molecule has 0 spiro atoms. The molecule has 2 fully saturated rings. The first-order valence-electron chi connectivity index (χ1n) is 10.0. The van der Waals surface area contributed by atoms with Gasteiger partial charge in [-0.3, -0.25) is 19.2 Å². The zero-order valence-corrected chi connectivity index (χ0v) is 16.3. The van der Waals surface area contributed by atoms with Crippen molar-refractivity contribution in [3.05, 3.63) is 34.2 Å². The van der Waals surface area contributed by atoms with Gasteiger partial charge in [-0.05, 0) is 38.7 Å². The van der Waals surface area contributed by atoms with Gasteiger partial charge in [0, 0.05) is 62.4 Å². The van der Waals surface area contributed by atoms with E-state index in [0.717, 1.165) is 25.7 Å². The maximum Gasteiger partial charge on any atom is 0.251 e. The Labute approximate surface area is 164 Å². The van der Waals surface area contributed by atoms with Gasteiger partial charge in [0.1, 0.15) is 0 Å². The third kappa shape index (κ3) is 4.79. The molecule has 1 aromatic rings. The summed E-state index contributed by atoms with van der Waals surface area (Å²) in [4.78, 5) is 50.3. The fourth-order valence-corrected chi connectivity index (χ4v) is 3.91. The topological polar surface area (TPSA) is 101 Å². The highest BCUT2D eigenvalue weighted by Gasteiger charge is 2.31. The molecule has 2 heterocycles. The average molecular weight is 388 g/mol. The highest BCUT2D eigenvalue weighted by atomic mass is 16.2. The highest BCUT2D eigenvalue weighted by Crippen LogP contribution is 2.26. The quantitative estimate of drug-likeness (QED) is 0.785. The van der Waals surface area contributed by atoms with Crippen LogP contribution in [0.4, 0.5) is 0 Å². The molecule has 0 atom stereocenters. The van der Waals surface area contributed by atoms with Crippen LogP contribution in [0.5, 0.6) is 0 Å². The van der Waals surface area contributed by atoms with Crippen molar-refractivity contribution in [2.24, 2.45) is 5.92 Å². The van der Waals surface area contributed by atoms with Crippen molar-refractivity contribution >= 4 is 17.7 Å². The number of nitrogens with zero attached hydrogens (tertiary/aromatic N) is 2. The van der Waals surface area contributed by atoms with Gasteiger partial charge in [-0.2, -0.15) is 0 Å². The number of pyridine rings is 1. The predicted octanol–water partition coefficient (Wildman–Crippen LogP) is 0.505. The Hall–Kier alpha value is -2.64. The van der Waals surface area contributed by atoms with Gasteiger partial charge >= 0.3 is 0 Å². The van der Waals surface area contributed by atoms with Gasteiger partial charge in [0.2, 0.25) is 11.8 Å². The van der Waals surface area contributed by atoms with Gasteiger partial charge in [0.15, 0.2) is 0 Å². The zero-order valence-electron chi connectivity index (χ0n) is 16.3. The van der Waals surface area contributed by atoms with Crippen LogP contribution in [0.3, 0.4) is 0 Å². The van der Waals surface area contributed by atoms with Crippen molar-refractivity contribution in [2.45, 2.75) is 51.6 Å². The number of aryl methyl sites for hydroxylation is 1. The monoisotopic (exact) mass is 388 g/mol. The lowest BCUT2D eigenvalue weighted by atomic mass is 9.85. The minimum atomic E-state index is -0.243. The van der Waals surface area contributed by atoms with Crippen molar-refractivity contribution < 1.29 is 14.4 Å². The van der Waals surface area contributed by atoms with Gasteiger partial charge in [-0.1, -0.05) is 0 Å². The molecule has 8 heteroatoms. The normalized spacial score (nSPS) is 22.9.